The molecule has 0 spiro atoms. The summed E-state index contributed by atoms with van der Waals surface area (Å²) in [5.74, 6) is 4.78. The number of rotatable bonds is 0. The Bertz CT molecular complexity index is 1420. The molecule has 0 saturated carbocycles. The van der Waals surface area contributed by atoms with E-state index in [4.69, 9.17) is 0 Å². The summed E-state index contributed by atoms with van der Waals surface area (Å²) < 4.78 is 30.4. The van der Waals surface area contributed by atoms with Crippen LogP contribution in [0.3, 0.4) is 0 Å². The number of fused-ring (bicyclic) bond motifs is 5. The minimum absolute atomic E-state index is 0.0642. The van der Waals surface area contributed by atoms with Gasteiger partial charge in [-0.15, -0.1) is 0 Å². The highest BCUT2D eigenvalue weighted by Gasteiger charge is 2.15. The number of hydrogen-bond donors (Lipinski definition) is 0. The van der Waals surface area contributed by atoms with Crippen LogP contribution in [-0.4, -0.2) is 0 Å². The fraction of sp³-hybridized carbons (Fsp3) is 0. The van der Waals surface area contributed by atoms with Crippen molar-refractivity contribution in [2.24, 2.45) is 0 Å². The van der Waals surface area contributed by atoms with Gasteiger partial charge in [0.15, 0.2) is 0 Å². The molecule has 0 fully saturated rings. The van der Waals surface area contributed by atoms with Gasteiger partial charge in [-0.2, -0.15) is 0 Å². The maximum atomic E-state index is 15.5. The van der Waals surface area contributed by atoms with Crippen LogP contribution in [0.5, 0.6) is 0 Å². The molecule has 0 aliphatic rings. The molecule has 5 aromatic rings. The average Bonchev–Trinajstić information content (AvgIpc) is 2.75. The van der Waals surface area contributed by atoms with Gasteiger partial charge in [-0.3, -0.25) is 0 Å². The third-order valence-corrected chi connectivity index (χ3v) is 5.01. The van der Waals surface area contributed by atoms with Crippen molar-refractivity contribution in [3.8, 4) is 11.8 Å². The molecule has 5 aromatic carbocycles. The molecule has 0 radical (unpaired) electrons. The van der Waals surface area contributed by atoms with Crippen LogP contribution in [0.2, 0.25) is 0 Å². The molecular weight excluding hydrogens is 350 g/mol. The van der Waals surface area contributed by atoms with Gasteiger partial charge in [-0.1, -0.05) is 78.6 Å². The Morgan fingerprint density at radius 2 is 1.29 bits per heavy atom. The molecule has 132 valence electrons. The van der Waals surface area contributed by atoms with E-state index in [1.807, 2.05) is 72.8 Å². The quantitative estimate of drug-likeness (QED) is 0.209. The van der Waals surface area contributed by atoms with E-state index < -0.39 is 11.6 Å². The van der Waals surface area contributed by atoms with Crippen LogP contribution in [0.1, 0.15) is 11.1 Å². The summed E-state index contributed by atoms with van der Waals surface area (Å²) in [5, 5.41) is 4.03. The van der Waals surface area contributed by atoms with Crippen molar-refractivity contribution in [3.05, 3.63) is 108 Å². The standard InChI is InChI=1S/C26H14F2/c27-23-16-20(11-10-17-6-2-1-3-7-17)26(28)25-22(23)15-14-19-13-12-18-8-4-5-9-21(18)24(19)25/h1-9,12-16H. The van der Waals surface area contributed by atoms with Crippen molar-refractivity contribution in [2.75, 3.05) is 0 Å². The van der Waals surface area contributed by atoms with E-state index >= 15 is 4.39 Å². The molecule has 0 aromatic heterocycles. The highest BCUT2D eigenvalue weighted by molar-refractivity contribution is 6.20. The molecule has 0 bridgehead atoms. The van der Waals surface area contributed by atoms with E-state index in [-0.39, 0.29) is 16.3 Å². The fourth-order valence-corrected chi connectivity index (χ4v) is 3.68. The molecule has 0 N–H and O–H groups in total. The van der Waals surface area contributed by atoms with Crippen LogP contribution in [0.15, 0.2) is 84.9 Å². The molecular formula is C26H14F2. The molecule has 0 aliphatic heterocycles. The molecule has 28 heavy (non-hydrogen) atoms. The average molecular weight is 364 g/mol. The smallest absolute Gasteiger partial charge is 0.147 e. The van der Waals surface area contributed by atoms with Crippen LogP contribution < -0.4 is 0 Å². The first-order chi connectivity index (χ1) is 13.7. The first-order valence-corrected chi connectivity index (χ1v) is 9.01. The third-order valence-electron chi connectivity index (χ3n) is 5.01. The van der Waals surface area contributed by atoms with Gasteiger partial charge in [-0.05, 0) is 34.4 Å². The molecule has 0 nitrogen and oxygen atoms in total. The lowest BCUT2D eigenvalue weighted by Gasteiger charge is -2.10. The molecule has 2 heteroatoms. The SMILES string of the molecule is Fc1cc(C#Cc2ccccc2)c(F)c2c1ccc1ccc3ccccc3c12. The maximum absolute atomic E-state index is 15.5. The van der Waals surface area contributed by atoms with E-state index in [0.717, 1.165) is 27.1 Å². The fourth-order valence-electron chi connectivity index (χ4n) is 3.68. The zero-order valence-electron chi connectivity index (χ0n) is 14.8. The lowest BCUT2D eigenvalue weighted by Crippen LogP contribution is -1.93. The first kappa shape index (κ1) is 16.5. The van der Waals surface area contributed by atoms with Gasteiger partial charge in [0.05, 0.1) is 5.56 Å². The molecule has 0 saturated heterocycles. The van der Waals surface area contributed by atoms with Crippen molar-refractivity contribution in [1.29, 1.82) is 0 Å². The minimum Gasteiger partial charge on any atom is -0.206 e. The van der Waals surface area contributed by atoms with Gasteiger partial charge in [-0.25, -0.2) is 8.78 Å². The van der Waals surface area contributed by atoms with Gasteiger partial charge in [0.25, 0.3) is 0 Å². The van der Waals surface area contributed by atoms with Crippen molar-refractivity contribution in [3.63, 3.8) is 0 Å². The highest BCUT2D eigenvalue weighted by atomic mass is 19.1. The van der Waals surface area contributed by atoms with Crippen molar-refractivity contribution in [1.82, 2.24) is 0 Å². The van der Waals surface area contributed by atoms with E-state index in [9.17, 15) is 4.39 Å². The van der Waals surface area contributed by atoms with Crippen molar-refractivity contribution < 1.29 is 8.78 Å². The Morgan fingerprint density at radius 1 is 0.571 bits per heavy atom. The van der Waals surface area contributed by atoms with E-state index in [1.54, 1.807) is 6.07 Å². The Morgan fingerprint density at radius 3 is 2.14 bits per heavy atom. The topological polar surface area (TPSA) is 0 Å². The van der Waals surface area contributed by atoms with Crippen LogP contribution in [0.4, 0.5) is 8.78 Å². The molecule has 0 heterocycles. The Balaban J connectivity index is 1.88. The van der Waals surface area contributed by atoms with Gasteiger partial charge in [0, 0.05) is 21.7 Å². The van der Waals surface area contributed by atoms with Gasteiger partial charge in [0.1, 0.15) is 11.6 Å². The Kier molecular flexibility index (Phi) is 3.81. The second-order valence-corrected chi connectivity index (χ2v) is 6.71. The van der Waals surface area contributed by atoms with Crippen LogP contribution in [0.25, 0.3) is 32.3 Å². The van der Waals surface area contributed by atoms with E-state index in [2.05, 4.69) is 11.8 Å². The minimum atomic E-state index is -0.484. The predicted molar refractivity (Wildman–Crippen MR) is 111 cm³/mol. The number of benzene rings is 5. The van der Waals surface area contributed by atoms with Crippen LogP contribution >= 0.6 is 0 Å². The zero-order chi connectivity index (χ0) is 19.1. The van der Waals surface area contributed by atoms with Gasteiger partial charge >= 0.3 is 0 Å². The second kappa shape index (κ2) is 6.48. The summed E-state index contributed by atoms with van der Waals surface area (Å²) in [6.45, 7) is 0. The third kappa shape index (κ3) is 2.61. The first-order valence-electron chi connectivity index (χ1n) is 9.01. The summed E-state index contributed by atoms with van der Waals surface area (Å²) in [5.41, 5.74) is 0.820. The molecule has 0 atom stereocenters. The molecule has 0 amide bonds. The maximum Gasteiger partial charge on any atom is 0.147 e. The summed E-state index contributed by atoms with van der Waals surface area (Å²) >= 11 is 0. The van der Waals surface area contributed by atoms with Crippen LogP contribution in [-0.2, 0) is 0 Å². The lowest BCUT2D eigenvalue weighted by atomic mass is 9.94. The normalized spacial score (nSPS) is 10.9. The van der Waals surface area contributed by atoms with E-state index in [1.165, 1.54) is 6.07 Å². The monoisotopic (exact) mass is 364 g/mol. The predicted octanol–water partition coefficient (Wildman–Crippen LogP) is 6.82. The zero-order valence-corrected chi connectivity index (χ0v) is 14.8. The lowest BCUT2D eigenvalue weighted by molar-refractivity contribution is 0.615. The number of halogens is 2. The Labute approximate surface area is 161 Å². The largest absolute Gasteiger partial charge is 0.206 e. The summed E-state index contributed by atoms with van der Waals surface area (Å²) in [6.07, 6.45) is 0. The van der Waals surface area contributed by atoms with E-state index in [0.29, 0.717) is 0 Å². The highest BCUT2D eigenvalue weighted by Crippen LogP contribution is 2.35. The second-order valence-electron chi connectivity index (χ2n) is 6.71. The summed E-state index contributed by atoms with van der Waals surface area (Å²) in [4.78, 5) is 0. The summed E-state index contributed by atoms with van der Waals surface area (Å²) in [7, 11) is 0. The van der Waals surface area contributed by atoms with Crippen molar-refractivity contribution >= 4 is 32.3 Å². The Hall–Kier alpha value is -3.70. The summed E-state index contributed by atoms with van der Waals surface area (Å²) in [6, 6.07) is 25.6. The van der Waals surface area contributed by atoms with Gasteiger partial charge < -0.3 is 0 Å². The van der Waals surface area contributed by atoms with Crippen molar-refractivity contribution in [2.45, 2.75) is 0 Å². The van der Waals surface area contributed by atoms with Gasteiger partial charge in [0.2, 0.25) is 0 Å². The molecule has 5 rings (SSSR count). The molecule has 0 aliphatic carbocycles. The number of hydrogen-bond acceptors (Lipinski definition) is 0. The molecule has 0 unspecified atom stereocenters. The van der Waals surface area contributed by atoms with Crippen LogP contribution in [0, 0.1) is 23.5 Å².